The highest BCUT2D eigenvalue weighted by atomic mass is 35.5. The molecule has 4 aromatic rings. The lowest BCUT2D eigenvalue weighted by atomic mass is 10.3. The highest BCUT2D eigenvalue weighted by molar-refractivity contribution is 7.20. The van der Waals surface area contributed by atoms with Gasteiger partial charge < -0.3 is 9.73 Å². The van der Waals surface area contributed by atoms with Gasteiger partial charge in [0.1, 0.15) is 10.6 Å². The third-order valence-electron chi connectivity index (χ3n) is 4.09. The number of aryl methyl sites for hydroxylation is 1. The number of hydrogen-bond acceptors (Lipinski definition) is 4. The molecule has 0 aliphatic carbocycles. The monoisotopic (exact) mass is 385 g/mol. The summed E-state index contributed by atoms with van der Waals surface area (Å²) < 4.78 is 7.08. The van der Waals surface area contributed by atoms with Gasteiger partial charge in [-0.05, 0) is 37.3 Å². The van der Waals surface area contributed by atoms with Crippen LogP contribution in [0.5, 0.6) is 0 Å². The first kappa shape index (κ1) is 16.9. The minimum Gasteiger partial charge on any atom is -0.469 e. The number of carbonyl (C=O) groups excluding carboxylic acids is 1. The zero-order valence-corrected chi connectivity index (χ0v) is 15.6. The van der Waals surface area contributed by atoms with Crippen molar-refractivity contribution in [3.05, 3.63) is 70.1 Å². The minimum atomic E-state index is -0.0946. The lowest BCUT2D eigenvalue weighted by molar-refractivity contribution is 0.0958. The highest BCUT2D eigenvalue weighted by Gasteiger charge is 2.18. The van der Waals surface area contributed by atoms with Crippen LogP contribution in [0.4, 0.5) is 0 Å². The van der Waals surface area contributed by atoms with Crippen LogP contribution in [0.25, 0.3) is 15.9 Å². The van der Waals surface area contributed by atoms with E-state index in [0.29, 0.717) is 22.9 Å². The molecule has 0 spiro atoms. The van der Waals surface area contributed by atoms with E-state index < -0.39 is 0 Å². The van der Waals surface area contributed by atoms with Crippen molar-refractivity contribution in [3.8, 4) is 5.69 Å². The molecule has 1 amide bonds. The molecular weight excluding hydrogens is 370 g/mol. The fourth-order valence-electron chi connectivity index (χ4n) is 2.79. The van der Waals surface area contributed by atoms with Gasteiger partial charge in [-0.2, -0.15) is 5.10 Å². The second-order valence-corrected chi connectivity index (χ2v) is 7.30. The molecule has 3 heterocycles. The molecule has 7 heteroatoms. The third-order valence-corrected chi connectivity index (χ3v) is 5.52. The van der Waals surface area contributed by atoms with Crippen LogP contribution < -0.4 is 5.32 Å². The van der Waals surface area contributed by atoms with Gasteiger partial charge in [0.05, 0.1) is 27.5 Å². The number of nitrogens with one attached hydrogen (secondary N) is 1. The number of hydrogen-bond donors (Lipinski definition) is 1. The van der Waals surface area contributed by atoms with E-state index in [2.05, 4.69) is 10.4 Å². The lowest BCUT2D eigenvalue weighted by Gasteiger charge is -2.04. The summed E-state index contributed by atoms with van der Waals surface area (Å²) in [5.41, 5.74) is 1.67. The number of furan rings is 1. The molecule has 0 bridgehead atoms. The van der Waals surface area contributed by atoms with Gasteiger partial charge in [0, 0.05) is 18.4 Å². The highest BCUT2D eigenvalue weighted by Crippen LogP contribution is 2.32. The van der Waals surface area contributed by atoms with Crippen LogP contribution in [0, 0.1) is 6.92 Å². The zero-order valence-electron chi connectivity index (χ0n) is 14.0. The number of benzene rings is 1. The molecule has 0 saturated heterocycles. The Bertz CT molecular complexity index is 1070. The van der Waals surface area contributed by atoms with Gasteiger partial charge in [-0.25, -0.2) is 4.68 Å². The number of fused-ring (bicyclic) bond motifs is 1. The van der Waals surface area contributed by atoms with Crippen LogP contribution >= 0.6 is 22.9 Å². The number of halogens is 1. The zero-order chi connectivity index (χ0) is 18.1. The van der Waals surface area contributed by atoms with E-state index in [-0.39, 0.29) is 5.91 Å². The Labute approximate surface area is 159 Å². The number of thiophene rings is 1. The Balaban J connectivity index is 1.58. The number of nitrogens with zero attached hydrogens (tertiary/aromatic N) is 2. The van der Waals surface area contributed by atoms with Crippen molar-refractivity contribution in [1.29, 1.82) is 0 Å². The number of aromatic nitrogens is 2. The van der Waals surface area contributed by atoms with E-state index in [4.69, 9.17) is 16.0 Å². The van der Waals surface area contributed by atoms with Gasteiger partial charge in [-0.3, -0.25) is 4.79 Å². The standard InChI is InChI=1S/C19H16ClN3O2S/c1-12-14-11-17(18(24)21-9-8-13-5-4-10-25-13)26-19(14)23(22-12)16-7-3-2-6-15(16)20/h2-7,10-11H,8-9H2,1H3,(H,21,24). The normalized spacial score (nSPS) is 11.2. The molecule has 1 aromatic carbocycles. The van der Waals surface area contributed by atoms with E-state index in [1.807, 2.05) is 49.4 Å². The van der Waals surface area contributed by atoms with Gasteiger partial charge in [0.2, 0.25) is 0 Å². The number of para-hydroxylation sites is 1. The van der Waals surface area contributed by atoms with Crippen LogP contribution in [0.3, 0.4) is 0 Å². The molecule has 0 saturated carbocycles. The maximum absolute atomic E-state index is 12.5. The van der Waals surface area contributed by atoms with Crippen molar-refractivity contribution in [3.63, 3.8) is 0 Å². The van der Waals surface area contributed by atoms with Crippen molar-refractivity contribution in [1.82, 2.24) is 15.1 Å². The predicted molar refractivity (Wildman–Crippen MR) is 103 cm³/mol. The summed E-state index contributed by atoms with van der Waals surface area (Å²) >= 11 is 7.72. The average molecular weight is 386 g/mol. The van der Waals surface area contributed by atoms with E-state index in [1.54, 1.807) is 10.9 Å². The molecule has 0 aliphatic heterocycles. The summed E-state index contributed by atoms with van der Waals surface area (Å²) in [5, 5.41) is 9.09. The molecule has 5 nitrogen and oxygen atoms in total. The summed E-state index contributed by atoms with van der Waals surface area (Å²) in [6.07, 6.45) is 2.29. The molecule has 0 radical (unpaired) electrons. The molecule has 1 N–H and O–H groups in total. The van der Waals surface area contributed by atoms with Crippen LogP contribution in [0.2, 0.25) is 5.02 Å². The first-order chi connectivity index (χ1) is 12.6. The summed E-state index contributed by atoms with van der Waals surface area (Å²) in [5.74, 6) is 0.759. The predicted octanol–water partition coefficient (Wildman–Crippen LogP) is 4.61. The van der Waals surface area contributed by atoms with Crippen LogP contribution in [-0.4, -0.2) is 22.2 Å². The van der Waals surface area contributed by atoms with E-state index >= 15 is 0 Å². The molecule has 0 unspecified atom stereocenters. The van der Waals surface area contributed by atoms with Crippen LogP contribution in [0.1, 0.15) is 21.1 Å². The van der Waals surface area contributed by atoms with Crippen LogP contribution in [0.15, 0.2) is 53.1 Å². The van der Waals surface area contributed by atoms with Crippen molar-refractivity contribution in [2.75, 3.05) is 6.54 Å². The first-order valence-corrected chi connectivity index (χ1v) is 9.37. The molecule has 0 atom stereocenters. The maximum Gasteiger partial charge on any atom is 0.261 e. The molecule has 132 valence electrons. The molecule has 4 rings (SSSR count). The molecule has 0 aliphatic rings. The van der Waals surface area contributed by atoms with Crippen molar-refractivity contribution >= 4 is 39.1 Å². The number of amides is 1. The van der Waals surface area contributed by atoms with E-state index in [9.17, 15) is 4.79 Å². The van der Waals surface area contributed by atoms with Gasteiger partial charge >= 0.3 is 0 Å². The fourth-order valence-corrected chi connectivity index (χ4v) is 4.10. The van der Waals surface area contributed by atoms with Crippen molar-refractivity contribution in [2.45, 2.75) is 13.3 Å². The molecule has 0 fully saturated rings. The van der Waals surface area contributed by atoms with E-state index in [1.165, 1.54) is 11.3 Å². The number of rotatable bonds is 5. The summed E-state index contributed by atoms with van der Waals surface area (Å²) in [6.45, 7) is 2.46. The minimum absolute atomic E-state index is 0.0946. The lowest BCUT2D eigenvalue weighted by Crippen LogP contribution is -2.24. The van der Waals surface area contributed by atoms with Crippen LogP contribution in [-0.2, 0) is 6.42 Å². The van der Waals surface area contributed by atoms with Gasteiger partial charge in [-0.1, -0.05) is 23.7 Å². The van der Waals surface area contributed by atoms with Gasteiger partial charge in [0.25, 0.3) is 5.91 Å². The summed E-state index contributed by atoms with van der Waals surface area (Å²) in [7, 11) is 0. The van der Waals surface area contributed by atoms with Gasteiger partial charge in [0.15, 0.2) is 0 Å². The van der Waals surface area contributed by atoms with Crippen molar-refractivity contribution in [2.24, 2.45) is 0 Å². The summed E-state index contributed by atoms with van der Waals surface area (Å²) in [4.78, 5) is 14.0. The Morgan fingerprint density at radius 3 is 2.92 bits per heavy atom. The Morgan fingerprint density at radius 1 is 1.31 bits per heavy atom. The molecule has 26 heavy (non-hydrogen) atoms. The maximum atomic E-state index is 12.5. The first-order valence-electron chi connectivity index (χ1n) is 8.18. The quantitative estimate of drug-likeness (QED) is 0.545. The van der Waals surface area contributed by atoms with E-state index in [0.717, 1.165) is 27.4 Å². The Kier molecular flexibility index (Phi) is 4.53. The Morgan fingerprint density at radius 2 is 2.15 bits per heavy atom. The van der Waals surface area contributed by atoms with Crippen molar-refractivity contribution < 1.29 is 9.21 Å². The largest absolute Gasteiger partial charge is 0.469 e. The second-order valence-electron chi connectivity index (χ2n) is 5.86. The fraction of sp³-hybridized carbons (Fsp3) is 0.158. The molecule has 3 aromatic heterocycles. The SMILES string of the molecule is Cc1nn(-c2ccccc2Cl)c2sc(C(=O)NCCc3ccco3)cc12. The average Bonchev–Trinajstić information content (AvgIpc) is 3.34. The smallest absolute Gasteiger partial charge is 0.261 e. The summed E-state index contributed by atoms with van der Waals surface area (Å²) in [6, 6.07) is 13.2. The second kappa shape index (κ2) is 6.97. The number of carbonyl (C=O) groups is 1. The Hall–Kier alpha value is -2.57. The molecular formula is C19H16ClN3O2S. The topological polar surface area (TPSA) is 60.1 Å². The van der Waals surface area contributed by atoms with Gasteiger partial charge in [-0.15, -0.1) is 11.3 Å². The third kappa shape index (κ3) is 3.13.